The molecule has 0 saturated heterocycles. The normalized spacial score (nSPS) is 9.95. The molecular formula is C15H12BrClN2. The fraction of sp³-hybridized carbons (Fsp3) is 0.133. The Morgan fingerprint density at radius 1 is 1.16 bits per heavy atom. The SMILES string of the molecule is N#CCc1ccc(NCc2ccc(Cl)cc2Br)cc1. The molecule has 0 fully saturated rings. The van der Waals surface area contributed by atoms with Gasteiger partial charge < -0.3 is 5.32 Å². The van der Waals surface area contributed by atoms with Crippen LogP contribution in [0, 0.1) is 11.3 Å². The maximum Gasteiger partial charge on any atom is 0.0669 e. The van der Waals surface area contributed by atoms with Gasteiger partial charge in [-0.25, -0.2) is 0 Å². The lowest BCUT2D eigenvalue weighted by molar-refractivity contribution is 1.13. The van der Waals surface area contributed by atoms with Crippen molar-refractivity contribution in [2.45, 2.75) is 13.0 Å². The van der Waals surface area contributed by atoms with Gasteiger partial charge in [-0.05, 0) is 35.4 Å². The molecule has 4 heteroatoms. The van der Waals surface area contributed by atoms with Crippen molar-refractivity contribution in [3.63, 3.8) is 0 Å². The van der Waals surface area contributed by atoms with Crippen LogP contribution in [0.25, 0.3) is 0 Å². The molecule has 0 aromatic heterocycles. The number of rotatable bonds is 4. The lowest BCUT2D eigenvalue weighted by Crippen LogP contribution is -2.00. The van der Waals surface area contributed by atoms with Crippen molar-refractivity contribution in [3.05, 3.63) is 63.1 Å². The van der Waals surface area contributed by atoms with E-state index < -0.39 is 0 Å². The van der Waals surface area contributed by atoms with E-state index in [2.05, 4.69) is 27.3 Å². The standard InChI is InChI=1S/C15H12BrClN2/c16-15-9-13(17)4-3-12(15)10-19-14-5-1-11(2-6-14)7-8-18/h1-6,9,19H,7,10H2. The average molecular weight is 336 g/mol. The molecule has 0 amide bonds. The van der Waals surface area contributed by atoms with Gasteiger partial charge in [-0.1, -0.05) is 45.7 Å². The minimum Gasteiger partial charge on any atom is -0.381 e. The van der Waals surface area contributed by atoms with Crippen molar-refractivity contribution in [3.8, 4) is 6.07 Å². The minimum atomic E-state index is 0.447. The van der Waals surface area contributed by atoms with E-state index in [4.69, 9.17) is 16.9 Å². The first-order valence-electron chi connectivity index (χ1n) is 5.83. The first-order chi connectivity index (χ1) is 9.19. The van der Waals surface area contributed by atoms with Crippen LogP contribution in [-0.4, -0.2) is 0 Å². The van der Waals surface area contributed by atoms with Gasteiger partial charge in [0.05, 0.1) is 12.5 Å². The molecular weight excluding hydrogens is 324 g/mol. The number of benzene rings is 2. The number of anilines is 1. The van der Waals surface area contributed by atoms with Gasteiger partial charge in [-0.15, -0.1) is 0 Å². The van der Waals surface area contributed by atoms with Crippen LogP contribution >= 0.6 is 27.5 Å². The predicted octanol–water partition coefficient (Wildman–Crippen LogP) is 4.78. The molecule has 2 aromatic rings. The smallest absolute Gasteiger partial charge is 0.0669 e. The Bertz CT molecular complexity index is 603. The second-order valence-corrected chi connectivity index (χ2v) is 5.41. The lowest BCUT2D eigenvalue weighted by Gasteiger charge is -2.09. The largest absolute Gasteiger partial charge is 0.381 e. The van der Waals surface area contributed by atoms with Crippen LogP contribution in [0.1, 0.15) is 11.1 Å². The fourth-order valence-corrected chi connectivity index (χ4v) is 2.52. The van der Waals surface area contributed by atoms with Gasteiger partial charge in [-0.2, -0.15) is 5.26 Å². The summed E-state index contributed by atoms with van der Waals surface area (Å²) >= 11 is 9.40. The zero-order valence-electron chi connectivity index (χ0n) is 10.2. The number of nitrogens with zero attached hydrogens (tertiary/aromatic N) is 1. The Hall–Kier alpha value is -1.50. The highest BCUT2D eigenvalue weighted by Gasteiger charge is 2.01. The molecule has 96 valence electrons. The lowest BCUT2D eigenvalue weighted by atomic mass is 10.1. The van der Waals surface area contributed by atoms with Crippen LogP contribution in [0.2, 0.25) is 5.02 Å². The Morgan fingerprint density at radius 2 is 1.89 bits per heavy atom. The second kappa shape index (κ2) is 6.60. The molecule has 0 radical (unpaired) electrons. The van der Waals surface area contributed by atoms with E-state index in [9.17, 15) is 0 Å². The summed E-state index contributed by atoms with van der Waals surface area (Å²) in [6.07, 6.45) is 0.447. The minimum absolute atomic E-state index is 0.447. The molecule has 0 aliphatic carbocycles. The number of halogens is 2. The van der Waals surface area contributed by atoms with Crippen molar-refractivity contribution in [2.24, 2.45) is 0 Å². The molecule has 19 heavy (non-hydrogen) atoms. The highest BCUT2D eigenvalue weighted by Crippen LogP contribution is 2.22. The maximum absolute atomic E-state index is 8.61. The average Bonchev–Trinajstić information content (AvgIpc) is 2.40. The van der Waals surface area contributed by atoms with E-state index >= 15 is 0 Å². The third kappa shape index (κ3) is 3.99. The molecule has 0 atom stereocenters. The zero-order chi connectivity index (χ0) is 13.7. The van der Waals surface area contributed by atoms with Crippen LogP contribution in [0.4, 0.5) is 5.69 Å². The highest BCUT2D eigenvalue weighted by molar-refractivity contribution is 9.10. The summed E-state index contributed by atoms with van der Waals surface area (Å²) in [4.78, 5) is 0. The molecule has 0 saturated carbocycles. The van der Waals surface area contributed by atoms with Gasteiger partial charge in [-0.3, -0.25) is 0 Å². The monoisotopic (exact) mass is 334 g/mol. The van der Waals surface area contributed by atoms with E-state index in [-0.39, 0.29) is 0 Å². The molecule has 0 bridgehead atoms. The summed E-state index contributed by atoms with van der Waals surface area (Å²) in [5.74, 6) is 0. The third-order valence-electron chi connectivity index (χ3n) is 2.74. The number of hydrogen-bond donors (Lipinski definition) is 1. The first-order valence-corrected chi connectivity index (χ1v) is 7.00. The second-order valence-electron chi connectivity index (χ2n) is 4.12. The molecule has 1 N–H and O–H groups in total. The topological polar surface area (TPSA) is 35.8 Å². The van der Waals surface area contributed by atoms with E-state index in [0.717, 1.165) is 32.9 Å². The summed E-state index contributed by atoms with van der Waals surface area (Å²) in [6, 6.07) is 15.8. The van der Waals surface area contributed by atoms with Crippen molar-refractivity contribution in [1.29, 1.82) is 5.26 Å². The van der Waals surface area contributed by atoms with Gasteiger partial charge >= 0.3 is 0 Å². The molecule has 0 spiro atoms. The van der Waals surface area contributed by atoms with E-state index in [1.54, 1.807) is 0 Å². The van der Waals surface area contributed by atoms with Crippen LogP contribution in [-0.2, 0) is 13.0 Å². The fourth-order valence-electron chi connectivity index (χ4n) is 1.69. The van der Waals surface area contributed by atoms with Gasteiger partial charge in [0.15, 0.2) is 0 Å². The van der Waals surface area contributed by atoms with Crippen LogP contribution < -0.4 is 5.32 Å². The Labute approximate surface area is 126 Å². The van der Waals surface area contributed by atoms with Crippen molar-refractivity contribution in [2.75, 3.05) is 5.32 Å². The Balaban J connectivity index is 2.00. The molecule has 2 nitrogen and oxygen atoms in total. The number of hydrogen-bond acceptors (Lipinski definition) is 2. The van der Waals surface area contributed by atoms with Crippen LogP contribution in [0.5, 0.6) is 0 Å². The van der Waals surface area contributed by atoms with Gasteiger partial charge in [0.2, 0.25) is 0 Å². The van der Waals surface area contributed by atoms with Crippen LogP contribution in [0.15, 0.2) is 46.9 Å². The first kappa shape index (κ1) is 13.9. The van der Waals surface area contributed by atoms with Crippen molar-refractivity contribution in [1.82, 2.24) is 0 Å². The summed E-state index contributed by atoms with van der Waals surface area (Å²) < 4.78 is 0.994. The number of nitrogens with one attached hydrogen (secondary N) is 1. The molecule has 0 aliphatic heterocycles. The molecule has 2 rings (SSSR count). The quantitative estimate of drug-likeness (QED) is 0.872. The maximum atomic E-state index is 8.61. The summed E-state index contributed by atoms with van der Waals surface area (Å²) in [5, 5.41) is 12.7. The summed E-state index contributed by atoms with van der Waals surface area (Å²) in [7, 11) is 0. The zero-order valence-corrected chi connectivity index (χ0v) is 12.5. The molecule has 0 heterocycles. The van der Waals surface area contributed by atoms with Gasteiger partial charge in [0, 0.05) is 21.7 Å². The van der Waals surface area contributed by atoms with Crippen LogP contribution in [0.3, 0.4) is 0 Å². The van der Waals surface area contributed by atoms with Gasteiger partial charge in [0.1, 0.15) is 0 Å². The molecule has 0 aliphatic rings. The summed E-state index contributed by atoms with van der Waals surface area (Å²) in [6.45, 7) is 0.718. The van der Waals surface area contributed by atoms with Gasteiger partial charge in [0.25, 0.3) is 0 Å². The van der Waals surface area contributed by atoms with Crippen molar-refractivity contribution < 1.29 is 0 Å². The van der Waals surface area contributed by atoms with E-state index in [1.165, 1.54) is 0 Å². The molecule has 0 unspecified atom stereocenters. The number of nitriles is 1. The van der Waals surface area contributed by atoms with E-state index in [0.29, 0.717) is 6.42 Å². The third-order valence-corrected chi connectivity index (χ3v) is 3.71. The van der Waals surface area contributed by atoms with E-state index in [1.807, 2.05) is 42.5 Å². The Kier molecular flexibility index (Phi) is 4.84. The Morgan fingerprint density at radius 3 is 2.53 bits per heavy atom. The highest BCUT2D eigenvalue weighted by atomic mass is 79.9. The molecule has 2 aromatic carbocycles. The van der Waals surface area contributed by atoms with Crippen molar-refractivity contribution >= 4 is 33.2 Å². The predicted molar refractivity (Wildman–Crippen MR) is 82.2 cm³/mol. The summed E-state index contributed by atoms with van der Waals surface area (Å²) in [5.41, 5.74) is 3.20.